The Morgan fingerprint density at radius 3 is 2.33 bits per heavy atom. The Morgan fingerprint density at radius 1 is 1.33 bits per heavy atom. The smallest absolute Gasteiger partial charge is 0.340 e. The van der Waals surface area contributed by atoms with Crippen LogP contribution in [-0.2, 0) is 0 Å². The first kappa shape index (κ1) is 9.52. The monoisotopic (exact) mass is 285 g/mol. The number of aliphatic hydroxyl groups is 1. The topological polar surface area (TPSA) is 64.1 Å². The van der Waals surface area contributed by atoms with E-state index in [4.69, 9.17) is 0 Å². The number of rotatable bonds is 0. The summed E-state index contributed by atoms with van der Waals surface area (Å²) in [5.74, 6) is 0. The molecule has 1 heterocycles. The molecule has 1 unspecified atom stereocenters. The summed E-state index contributed by atoms with van der Waals surface area (Å²) in [4.78, 5) is 24.3. The van der Waals surface area contributed by atoms with Gasteiger partial charge in [-0.1, -0.05) is 0 Å². The van der Waals surface area contributed by atoms with Gasteiger partial charge in [0.1, 0.15) is 0 Å². The number of aliphatic hydroxyl groups excluding tert-OH is 1. The zero-order valence-electron chi connectivity index (χ0n) is 6.56. The Morgan fingerprint density at radius 2 is 1.83 bits per heavy atom. The van der Waals surface area contributed by atoms with Crippen molar-refractivity contribution in [2.75, 3.05) is 14.1 Å². The number of nitrogens with zero attached hydrogens (tertiary/aromatic N) is 3. The Balaban J connectivity index is 2.91. The second-order valence-electron chi connectivity index (χ2n) is 2.39. The summed E-state index contributed by atoms with van der Waals surface area (Å²) in [6.45, 7) is 0. The van der Waals surface area contributed by atoms with Gasteiger partial charge in [0, 0.05) is 14.1 Å². The van der Waals surface area contributed by atoms with Crippen LogP contribution in [0.15, 0.2) is 0 Å². The second-order valence-corrected chi connectivity index (χ2v) is 3.43. The highest BCUT2D eigenvalue weighted by Gasteiger charge is 2.38. The number of imide groups is 1. The van der Waals surface area contributed by atoms with Crippen molar-refractivity contribution in [3.8, 4) is 0 Å². The number of halogens is 1. The first-order valence-corrected chi connectivity index (χ1v) is 4.11. The van der Waals surface area contributed by atoms with Gasteiger partial charge in [-0.3, -0.25) is 4.90 Å². The molecule has 1 rings (SSSR count). The molecule has 68 valence electrons. The molecule has 1 saturated heterocycles. The van der Waals surface area contributed by atoms with E-state index in [1.54, 1.807) is 22.9 Å². The van der Waals surface area contributed by atoms with Gasteiger partial charge in [-0.2, -0.15) is 0 Å². The molecule has 1 fully saturated rings. The average Bonchev–Trinajstić information content (AvgIpc) is 2.08. The maximum atomic E-state index is 11.1. The van der Waals surface area contributed by atoms with Crippen LogP contribution in [0.2, 0.25) is 0 Å². The number of amides is 4. The molecule has 1 atom stereocenters. The number of carbonyl (C=O) groups excluding carboxylic acids is 2. The molecule has 0 aromatic rings. The third kappa shape index (κ3) is 1.22. The molecule has 0 aliphatic carbocycles. The fraction of sp³-hybridized carbons (Fsp3) is 0.600. The predicted molar refractivity (Wildman–Crippen MR) is 48.2 cm³/mol. The predicted octanol–water partition coefficient (Wildman–Crippen LogP) is 0.0315. The maximum Gasteiger partial charge on any atom is 0.340 e. The summed E-state index contributed by atoms with van der Waals surface area (Å²) in [5, 5.41) is 9.28. The van der Waals surface area contributed by atoms with Gasteiger partial charge in [0.2, 0.25) is 6.35 Å². The van der Waals surface area contributed by atoms with Crippen molar-refractivity contribution in [2.24, 2.45) is 0 Å². The Labute approximate surface area is 83.2 Å². The van der Waals surface area contributed by atoms with Gasteiger partial charge in [0.25, 0.3) is 0 Å². The van der Waals surface area contributed by atoms with E-state index in [2.05, 4.69) is 0 Å². The van der Waals surface area contributed by atoms with Crippen LogP contribution in [0.5, 0.6) is 0 Å². The molecule has 12 heavy (non-hydrogen) atoms. The summed E-state index contributed by atoms with van der Waals surface area (Å²) >= 11 is 1.65. The zero-order valence-corrected chi connectivity index (χ0v) is 8.72. The van der Waals surface area contributed by atoms with Crippen molar-refractivity contribution in [3.63, 3.8) is 0 Å². The van der Waals surface area contributed by atoms with E-state index in [1.807, 2.05) is 0 Å². The average molecular weight is 285 g/mol. The number of carbonyl (C=O) groups is 2. The molecule has 0 radical (unpaired) electrons. The van der Waals surface area contributed by atoms with Crippen LogP contribution in [0.1, 0.15) is 0 Å². The third-order valence-electron chi connectivity index (χ3n) is 1.61. The summed E-state index contributed by atoms with van der Waals surface area (Å²) < 4.78 is 1.04. The van der Waals surface area contributed by atoms with Crippen molar-refractivity contribution >= 4 is 34.9 Å². The zero-order chi connectivity index (χ0) is 9.46. The number of hydrogen-bond donors (Lipinski definition) is 1. The Hall–Kier alpha value is -0.570. The molecule has 0 spiro atoms. The lowest BCUT2D eigenvalue weighted by Crippen LogP contribution is -2.60. The van der Waals surface area contributed by atoms with Crippen LogP contribution in [0, 0.1) is 0 Å². The van der Waals surface area contributed by atoms with Gasteiger partial charge in [-0.25, -0.2) is 17.6 Å². The molecule has 0 saturated carbocycles. The molecule has 0 aromatic carbocycles. The van der Waals surface area contributed by atoms with Crippen LogP contribution >= 0.6 is 22.9 Å². The number of hydrogen-bond acceptors (Lipinski definition) is 3. The van der Waals surface area contributed by atoms with E-state index in [0.29, 0.717) is 0 Å². The molecule has 1 N–H and O–H groups in total. The highest BCUT2D eigenvalue weighted by molar-refractivity contribution is 14.1. The van der Waals surface area contributed by atoms with E-state index in [-0.39, 0.29) is 0 Å². The minimum absolute atomic E-state index is 0.514. The van der Waals surface area contributed by atoms with Crippen LogP contribution in [0.4, 0.5) is 9.59 Å². The first-order valence-electron chi connectivity index (χ1n) is 3.14. The molecule has 7 heteroatoms. The molecule has 0 aromatic heterocycles. The minimum Gasteiger partial charge on any atom is -0.356 e. The first-order chi connectivity index (χ1) is 5.46. The van der Waals surface area contributed by atoms with E-state index < -0.39 is 18.4 Å². The van der Waals surface area contributed by atoms with Gasteiger partial charge in [0.05, 0.1) is 22.9 Å². The molecule has 0 bridgehead atoms. The quantitative estimate of drug-likeness (QED) is 0.504. The summed E-state index contributed by atoms with van der Waals surface area (Å²) in [6.07, 6.45) is -1.18. The lowest BCUT2D eigenvalue weighted by molar-refractivity contribution is -0.0326. The molecule has 1 aliphatic heterocycles. The molecule has 1 aliphatic rings. The van der Waals surface area contributed by atoms with Gasteiger partial charge in [0.15, 0.2) is 0 Å². The summed E-state index contributed by atoms with van der Waals surface area (Å²) in [6, 6.07) is -1.04. The van der Waals surface area contributed by atoms with E-state index in [9.17, 15) is 14.7 Å². The van der Waals surface area contributed by atoms with Crippen molar-refractivity contribution in [3.05, 3.63) is 0 Å². The van der Waals surface area contributed by atoms with Crippen LogP contribution < -0.4 is 0 Å². The molecule has 4 amide bonds. The van der Waals surface area contributed by atoms with Gasteiger partial charge >= 0.3 is 12.1 Å². The summed E-state index contributed by atoms with van der Waals surface area (Å²) in [7, 11) is 2.78. The fourth-order valence-electron chi connectivity index (χ4n) is 0.811. The van der Waals surface area contributed by atoms with Crippen LogP contribution in [0.25, 0.3) is 0 Å². The molecular formula is C5H8IN3O3. The molecule has 6 nitrogen and oxygen atoms in total. The standard InChI is InChI=1S/C5H8IN3O3/c1-7-3(10)8(2)5(12)9(6)4(7)11/h4,11H,1-2H3. The lowest BCUT2D eigenvalue weighted by atomic mass is 10.5. The van der Waals surface area contributed by atoms with E-state index in [0.717, 1.165) is 12.9 Å². The highest BCUT2D eigenvalue weighted by Crippen LogP contribution is 2.18. The number of urea groups is 2. The normalized spacial score (nSPS) is 25.3. The van der Waals surface area contributed by atoms with Crippen molar-refractivity contribution in [1.82, 2.24) is 12.9 Å². The maximum absolute atomic E-state index is 11.1. The van der Waals surface area contributed by atoms with E-state index in [1.165, 1.54) is 14.1 Å². The van der Waals surface area contributed by atoms with E-state index >= 15 is 0 Å². The van der Waals surface area contributed by atoms with Gasteiger partial charge < -0.3 is 5.11 Å². The third-order valence-corrected chi connectivity index (χ3v) is 2.52. The summed E-state index contributed by atoms with van der Waals surface area (Å²) in [5.41, 5.74) is 0. The Bertz CT molecular complexity index is 212. The SMILES string of the molecule is CN1C(=O)N(C)C(O)N(I)C1=O. The highest BCUT2D eigenvalue weighted by atomic mass is 127. The van der Waals surface area contributed by atoms with Crippen LogP contribution in [-0.4, -0.2) is 50.5 Å². The van der Waals surface area contributed by atoms with Crippen LogP contribution in [0.3, 0.4) is 0 Å². The minimum atomic E-state index is -1.18. The Kier molecular flexibility index (Phi) is 2.42. The van der Waals surface area contributed by atoms with Crippen molar-refractivity contribution in [1.29, 1.82) is 0 Å². The second kappa shape index (κ2) is 3.05. The van der Waals surface area contributed by atoms with Crippen molar-refractivity contribution < 1.29 is 14.7 Å². The lowest BCUT2D eigenvalue weighted by Gasteiger charge is -2.38. The van der Waals surface area contributed by atoms with Gasteiger partial charge in [-0.05, 0) is 0 Å². The fourth-order valence-corrected chi connectivity index (χ4v) is 1.51. The van der Waals surface area contributed by atoms with Gasteiger partial charge in [-0.15, -0.1) is 0 Å². The largest absolute Gasteiger partial charge is 0.356 e. The van der Waals surface area contributed by atoms with Crippen molar-refractivity contribution in [2.45, 2.75) is 6.35 Å². The molecular weight excluding hydrogens is 277 g/mol.